The molecular weight excluding hydrogens is 271 g/mol. The maximum absolute atomic E-state index is 13.8. The zero-order chi connectivity index (χ0) is 14.7. The SMILES string of the molecule is O=C(CCn1cncn1)NC1CCCc2c(F)cccc21. The highest BCUT2D eigenvalue weighted by molar-refractivity contribution is 5.76. The molecule has 0 saturated carbocycles. The fourth-order valence-electron chi connectivity index (χ4n) is 2.78. The number of hydrogen-bond acceptors (Lipinski definition) is 3. The summed E-state index contributed by atoms with van der Waals surface area (Å²) in [6, 6.07) is 4.99. The Kier molecular flexibility index (Phi) is 3.94. The summed E-state index contributed by atoms with van der Waals surface area (Å²) >= 11 is 0. The van der Waals surface area contributed by atoms with Crippen LogP contribution in [0.4, 0.5) is 4.39 Å². The predicted octanol–water partition coefficient (Wildman–Crippen LogP) is 2.00. The minimum absolute atomic E-state index is 0.0485. The van der Waals surface area contributed by atoms with Crippen molar-refractivity contribution in [1.82, 2.24) is 20.1 Å². The number of carbonyl (C=O) groups excluding carboxylic acids is 1. The second-order valence-corrected chi connectivity index (χ2v) is 5.23. The van der Waals surface area contributed by atoms with Crippen LogP contribution in [0.15, 0.2) is 30.9 Å². The van der Waals surface area contributed by atoms with E-state index in [4.69, 9.17) is 0 Å². The summed E-state index contributed by atoms with van der Waals surface area (Å²) in [6.45, 7) is 0.495. The Morgan fingerprint density at radius 1 is 1.48 bits per heavy atom. The molecule has 0 saturated heterocycles. The first-order valence-corrected chi connectivity index (χ1v) is 7.13. The number of halogens is 1. The Morgan fingerprint density at radius 2 is 2.38 bits per heavy atom. The lowest BCUT2D eigenvalue weighted by Gasteiger charge is -2.26. The molecule has 1 heterocycles. The number of amides is 1. The van der Waals surface area contributed by atoms with Crippen LogP contribution in [0.3, 0.4) is 0 Å². The number of benzene rings is 1. The molecule has 21 heavy (non-hydrogen) atoms. The van der Waals surface area contributed by atoms with E-state index in [-0.39, 0.29) is 17.8 Å². The molecule has 1 atom stereocenters. The lowest BCUT2D eigenvalue weighted by Crippen LogP contribution is -2.31. The Labute approximate surface area is 122 Å². The molecule has 0 bridgehead atoms. The fourth-order valence-corrected chi connectivity index (χ4v) is 2.78. The van der Waals surface area contributed by atoms with E-state index in [1.54, 1.807) is 17.1 Å². The number of carbonyl (C=O) groups is 1. The van der Waals surface area contributed by atoms with Crippen LogP contribution in [-0.4, -0.2) is 20.7 Å². The molecule has 0 spiro atoms. The molecule has 1 N–H and O–H groups in total. The molecule has 0 aliphatic heterocycles. The Balaban J connectivity index is 1.63. The largest absolute Gasteiger partial charge is 0.349 e. The molecule has 110 valence electrons. The third-order valence-corrected chi connectivity index (χ3v) is 3.82. The molecule has 5 nitrogen and oxygen atoms in total. The molecule has 2 aromatic rings. The van der Waals surface area contributed by atoms with Crippen LogP contribution in [-0.2, 0) is 17.8 Å². The maximum atomic E-state index is 13.8. The minimum Gasteiger partial charge on any atom is -0.349 e. The highest BCUT2D eigenvalue weighted by Crippen LogP contribution is 2.31. The van der Waals surface area contributed by atoms with E-state index in [9.17, 15) is 9.18 Å². The lowest BCUT2D eigenvalue weighted by molar-refractivity contribution is -0.122. The third kappa shape index (κ3) is 3.09. The van der Waals surface area contributed by atoms with Gasteiger partial charge in [-0.05, 0) is 36.5 Å². The van der Waals surface area contributed by atoms with Gasteiger partial charge in [0.2, 0.25) is 5.91 Å². The van der Waals surface area contributed by atoms with E-state index in [1.165, 1.54) is 12.4 Å². The number of nitrogens with one attached hydrogen (secondary N) is 1. The first kappa shape index (κ1) is 13.7. The second kappa shape index (κ2) is 6.03. The van der Waals surface area contributed by atoms with Crippen LogP contribution < -0.4 is 5.32 Å². The number of fused-ring (bicyclic) bond motifs is 1. The van der Waals surface area contributed by atoms with Crippen molar-refractivity contribution >= 4 is 5.91 Å². The Hall–Kier alpha value is -2.24. The molecule has 0 radical (unpaired) electrons. The van der Waals surface area contributed by atoms with Crippen molar-refractivity contribution in [3.8, 4) is 0 Å². The van der Waals surface area contributed by atoms with Crippen LogP contribution >= 0.6 is 0 Å². The number of aromatic nitrogens is 3. The zero-order valence-electron chi connectivity index (χ0n) is 11.6. The van der Waals surface area contributed by atoms with E-state index in [2.05, 4.69) is 15.4 Å². The van der Waals surface area contributed by atoms with Gasteiger partial charge in [-0.25, -0.2) is 9.37 Å². The van der Waals surface area contributed by atoms with Gasteiger partial charge in [0.1, 0.15) is 18.5 Å². The summed E-state index contributed by atoms with van der Waals surface area (Å²) in [7, 11) is 0. The topological polar surface area (TPSA) is 59.8 Å². The van der Waals surface area contributed by atoms with E-state index in [1.807, 2.05) is 6.07 Å². The van der Waals surface area contributed by atoms with E-state index >= 15 is 0 Å². The van der Waals surface area contributed by atoms with Gasteiger partial charge < -0.3 is 5.32 Å². The van der Waals surface area contributed by atoms with Gasteiger partial charge >= 0.3 is 0 Å². The van der Waals surface area contributed by atoms with Crippen LogP contribution in [0.25, 0.3) is 0 Å². The molecule has 1 aromatic heterocycles. The first-order valence-electron chi connectivity index (χ1n) is 7.13. The summed E-state index contributed by atoms with van der Waals surface area (Å²) in [5, 5.41) is 6.96. The van der Waals surface area contributed by atoms with Crippen molar-refractivity contribution < 1.29 is 9.18 Å². The zero-order valence-corrected chi connectivity index (χ0v) is 11.6. The van der Waals surface area contributed by atoms with Crippen LogP contribution in [0, 0.1) is 5.82 Å². The van der Waals surface area contributed by atoms with Gasteiger partial charge in [-0.15, -0.1) is 0 Å². The molecule has 6 heteroatoms. The van der Waals surface area contributed by atoms with Crippen molar-refractivity contribution in [1.29, 1.82) is 0 Å². The van der Waals surface area contributed by atoms with Gasteiger partial charge in [-0.2, -0.15) is 5.10 Å². The summed E-state index contributed by atoms with van der Waals surface area (Å²) in [4.78, 5) is 15.9. The molecule has 1 amide bonds. The summed E-state index contributed by atoms with van der Waals surface area (Å²) < 4.78 is 15.4. The van der Waals surface area contributed by atoms with Crippen molar-refractivity contribution in [3.05, 3.63) is 47.8 Å². The van der Waals surface area contributed by atoms with Crippen LogP contribution in [0.5, 0.6) is 0 Å². The van der Waals surface area contributed by atoms with Crippen LogP contribution in [0.2, 0.25) is 0 Å². The molecule has 0 fully saturated rings. The van der Waals surface area contributed by atoms with E-state index in [0.717, 1.165) is 30.4 Å². The summed E-state index contributed by atoms with van der Waals surface area (Å²) in [6.07, 6.45) is 5.85. The summed E-state index contributed by atoms with van der Waals surface area (Å²) in [5.41, 5.74) is 1.65. The quantitative estimate of drug-likeness (QED) is 0.936. The molecule has 1 aromatic carbocycles. The highest BCUT2D eigenvalue weighted by Gasteiger charge is 2.23. The average Bonchev–Trinajstić information content (AvgIpc) is 3.00. The standard InChI is InChI=1S/C15H17FN4O/c16-13-5-1-4-12-11(13)3-2-6-14(12)19-15(21)7-8-20-10-17-9-18-20/h1,4-5,9-10,14H,2-3,6-8H2,(H,19,21). The van der Waals surface area contributed by atoms with Crippen molar-refractivity contribution in [2.45, 2.75) is 38.3 Å². The average molecular weight is 288 g/mol. The van der Waals surface area contributed by atoms with Gasteiger partial charge in [0.05, 0.1) is 12.6 Å². The normalized spacial score (nSPS) is 17.3. The molecule has 1 unspecified atom stereocenters. The summed E-state index contributed by atoms with van der Waals surface area (Å²) in [5.74, 6) is -0.221. The predicted molar refractivity (Wildman–Crippen MR) is 74.9 cm³/mol. The molecule has 1 aliphatic carbocycles. The number of rotatable bonds is 4. The molecule has 1 aliphatic rings. The maximum Gasteiger partial charge on any atom is 0.222 e. The Morgan fingerprint density at radius 3 is 3.19 bits per heavy atom. The lowest BCUT2D eigenvalue weighted by atomic mass is 9.87. The van der Waals surface area contributed by atoms with Gasteiger partial charge in [0.25, 0.3) is 0 Å². The van der Waals surface area contributed by atoms with E-state index in [0.29, 0.717) is 13.0 Å². The number of nitrogens with zero attached hydrogens (tertiary/aromatic N) is 3. The highest BCUT2D eigenvalue weighted by atomic mass is 19.1. The second-order valence-electron chi connectivity index (χ2n) is 5.23. The van der Waals surface area contributed by atoms with Gasteiger partial charge in [0.15, 0.2) is 0 Å². The minimum atomic E-state index is -0.172. The van der Waals surface area contributed by atoms with E-state index < -0.39 is 0 Å². The van der Waals surface area contributed by atoms with Crippen molar-refractivity contribution in [2.24, 2.45) is 0 Å². The molecular formula is C15H17FN4O. The first-order chi connectivity index (χ1) is 10.2. The van der Waals surface area contributed by atoms with Gasteiger partial charge in [0, 0.05) is 6.42 Å². The molecule has 3 rings (SSSR count). The Bertz CT molecular complexity index is 627. The van der Waals surface area contributed by atoms with Crippen LogP contribution in [0.1, 0.15) is 36.4 Å². The van der Waals surface area contributed by atoms with Gasteiger partial charge in [-0.1, -0.05) is 12.1 Å². The van der Waals surface area contributed by atoms with Gasteiger partial charge in [-0.3, -0.25) is 9.48 Å². The third-order valence-electron chi connectivity index (χ3n) is 3.82. The van der Waals surface area contributed by atoms with Crippen molar-refractivity contribution in [2.75, 3.05) is 0 Å². The number of aryl methyl sites for hydroxylation is 1. The number of hydrogen-bond donors (Lipinski definition) is 1. The fraction of sp³-hybridized carbons (Fsp3) is 0.400. The van der Waals surface area contributed by atoms with Crippen molar-refractivity contribution in [3.63, 3.8) is 0 Å². The monoisotopic (exact) mass is 288 g/mol. The smallest absolute Gasteiger partial charge is 0.222 e.